The van der Waals surface area contributed by atoms with E-state index in [0.29, 0.717) is 5.02 Å². The fourth-order valence-electron chi connectivity index (χ4n) is 1.71. The van der Waals surface area contributed by atoms with E-state index in [-0.39, 0.29) is 0 Å². The Morgan fingerprint density at radius 1 is 1.22 bits per heavy atom. The molecule has 0 saturated heterocycles. The maximum atomic E-state index is 6.08. The van der Waals surface area contributed by atoms with Gasteiger partial charge in [0.05, 0.1) is 10.9 Å². The second kappa shape index (κ2) is 4.59. The van der Waals surface area contributed by atoms with Crippen LogP contribution in [0, 0.1) is 6.92 Å². The van der Waals surface area contributed by atoms with Gasteiger partial charge in [0.1, 0.15) is 5.75 Å². The largest absolute Gasteiger partial charge is 0.455 e. The minimum Gasteiger partial charge on any atom is -0.455 e. The molecular formula is C14H10ClNOS. The highest BCUT2D eigenvalue weighted by Gasteiger charge is 2.06. The van der Waals surface area contributed by atoms with Gasteiger partial charge in [0.25, 0.3) is 0 Å². The Morgan fingerprint density at radius 2 is 2.11 bits per heavy atom. The number of pyridine rings is 1. The van der Waals surface area contributed by atoms with Gasteiger partial charge in [-0.2, -0.15) is 0 Å². The minimum absolute atomic E-state index is 0.706. The second-order valence-corrected chi connectivity index (χ2v) is 5.34. The number of hydrogen-bond acceptors (Lipinski definition) is 3. The quantitative estimate of drug-likeness (QED) is 0.653. The lowest BCUT2D eigenvalue weighted by atomic mass is 10.2. The van der Waals surface area contributed by atoms with Crippen molar-refractivity contribution >= 4 is 33.0 Å². The lowest BCUT2D eigenvalue weighted by molar-refractivity contribution is 0.486. The van der Waals surface area contributed by atoms with Crippen LogP contribution in [0.3, 0.4) is 0 Å². The summed E-state index contributed by atoms with van der Waals surface area (Å²) in [7, 11) is 0. The molecule has 0 unspecified atom stereocenters. The number of hydrogen-bond donors (Lipinski definition) is 0. The maximum Gasteiger partial charge on any atom is 0.154 e. The van der Waals surface area contributed by atoms with Crippen molar-refractivity contribution in [1.29, 1.82) is 0 Å². The number of thiophene rings is 1. The van der Waals surface area contributed by atoms with E-state index in [1.807, 2.05) is 42.8 Å². The van der Waals surface area contributed by atoms with Gasteiger partial charge in [-0.25, -0.2) is 0 Å². The van der Waals surface area contributed by atoms with Gasteiger partial charge in [-0.1, -0.05) is 17.7 Å². The van der Waals surface area contributed by atoms with Gasteiger partial charge in [0, 0.05) is 16.6 Å². The Labute approximate surface area is 114 Å². The molecule has 1 aromatic carbocycles. The SMILES string of the molecule is Cc1ccc(Oc2cncc3sccc23)cc1Cl. The van der Waals surface area contributed by atoms with Crippen molar-refractivity contribution in [2.24, 2.45) is 0 Å². The molecule has 0 radical (unpaired) electrons. The van der Waals surface area contributed by atoms with E-state index in [9.17, 15) is 0 Å². The highest BCUT2D eigenvalue weighted by Crippen LogP contribution is 2.33. The van der Waals surface area contributed by atoms with Crippen molar-refractivity contribution in [3.05, 3.63) is 52.6 Å². The molecule has 0 aliphatic rings. The zero-order valence-electron chi connectivity index (χ0n) is 9.68. The molecule has 0 N–H and O–H groups in total. The zero-order chi connectivity index (χ0) is 12.5. The van der Waals surface area contributed by atoms with E-state index < -0.39 is 0 Å². The van der Waals surface area contributed by atoms with Crippen LogP contribution < -0.4 is 4.74 Å². The van der Waals surface area contributed by atoms with Gasteiger partial charge in [0.2, 0.25) is 0 Å². The third-order valence-electron chi connectivity index (χ3n) is 2.72. The van der Waals surface area contributed by atoms with Crippen LogP contribution in [-0.2, 0) is 0 Å². The van der Waals surface area contributed by atoms with Crippen LogP contribution in [0.2, 0.25) is 5.02 Å². The number of halogens is 1. The van der Waals surface area contributed by atoms with Gasteiger partial charge in [0.15, 0.2) is 5.75 Å². The van der Waals surface area contributed by atoms with E-state index in [1.54, 1.807) is 17.5 Å². The highest BCUT2D eigenvalue weighted by atomic mass is 35.5. The van der Waals surface area contributed by atoms with Crippen LogP contribution in [0.15, 0.2) is 42.0 Å². The van der Waals surface area contributed by atoms with Crippen LogP contribution in [0.4, 0.5) is 0 Å². The molecule has 0 bridgehead atoms. The number of nitrogens with zero attached hydrogens (tertiary/aromatic N) is 1. The van der Waals surface area contributed by atoms with E-state index in [2.05, 4.69) is 4.98 Å². The third kappa shape index (κ3) is 2.07. The maximum absolute atomic E-state index is 6.08. The smallest absolute Gasteiger partial charge is 0.154 e. The highest BCUT2D eigenvalue weighted by molar-refractivity contribution is 7.17. The summed E-state index contributed by atoms with van der Waals surface area (Å²) in [6.45, 7) is 1.97. The summed E-state index contributed by atoms with van der Waals surface area (Å²) in [5.74, 6) is 1.49. The first-order valence-corrected chi connectivity index (χ1v) is 6.75. The molecule has 2 aromatic heterocycles. The van der Waals surface area contributed by atoms with Crippen molar-refractivity contribution < 1.29 is 4.74 Å². The molecule has 4 heteroatoms. The molecule has 0 amide bonds. The Hall–Kier alpha value is -1.58. The molecule has 2 heterocycles. The van der Waals surface area contributed by atoms with E-state index in [0.717, 1.165) is 27.1 Å². The Balaban J connectivity index is 2.01. The predicted molar refractivity (Wildman–Crippen MR) is 75.9 cm³/mol. The lowest BCUT2D eigenvalue weighted by Gasteiger charge is -2.07. The van der Waals surface area contributed by atoms with Crippen LogP contribution in [0.25, 0.3) is 10.1 Å². The summed E-state index contributed by atoms with van der Waals surface area (Å²) in [6.07, 6.45) is 3.57. The molecule has 2 nitrogen and oxygen atoms in total. The summed E-state index contributed by atoms with van der Waals surface area (Å²) in [4.78, 5) is 4.17. The van der Waals surface area contributed by atoms with E-state index >= 15 is 0 Å². The first-order valence-electron chi connectivity index (χ1n) is 5.49. The van der Waals surface area contributed by atoms with Gasteiger partial charge in [-0.15, -0.1) is 11.3 Å². The van der Waals surface area contributed by atoms with Crippen molar-refractivity contribution in [1.82, 2.24) is 4.98 Å². The number of rotatable bonds is 2. The topological polar surface area (TPSA) is 22.1 Å². The van der Waals surface area contributed by atoms with Gasteiger partial charge in [-0.05, 0) is 36.1 Å². The Bertz CT molecular complexity index is 708. The molecule has 0 saturated carbocycles. The summed E-state index contributed by atoms with van der Waals surface area (Å²) in [5, 5.41) is 3.81. The fraction of sp³-hybridized carbons (Fsp3) is 0.0714. The van der Waals surface area contributed by atoms with Gasteiger partial charge in [-0.3, -0.25) is 4.98 Å². The molecule has 0 fully saturated rings. The monoisotopic (exact) mass is 275 g/mol. The van der Waals surface area contributed by atoms with Crippen molar-refractivity contribution in [3.63, 3.8) is 0 Å². The van der Waals surface area contributed by atoms with Crippen molar-refractivity contribution in [2.45, 2.75) is 6.92 Å². The third-order valence-corrected chi connectivity index (χ3v) is 3.97. The molecule has 0 aliphatic heterocycles. The number of aromatic nitrogens is 1. The Kier molecular flexibility index (Phi) is 2.94. The summed E-state index contributed by atoms with van der Waals surface area (Å²) in [5.41, 5.74) is 1.04. The normalized spacial score (nSPS) is 10.8. The average Bonchev–Trinajstić information content (AvgIpc) is 2.83. The standard InChI is InChI=1S/C14H10ClNOS/c1-9-2-3-10(6-12(9)15)17-13-7-16-8-14-11(13)4-5-18-14/h2-8H,1H3. The minimum atomic E-state index is 0.706. The summed E-state index contributed by atoms with van der Waals surface area (Å²) in [6, 6.07) is 7.71. The number of fused-ring (bicyclic) bond motifs is 1. The fourth-order valence-corrected chi connectivity index (χ4v) is 2.65. The average molecular weight is 276 g/mol. The van der Waals surface area contributed by atoms with E-state index in [1.165, 1.54) is 0 Å². The molecule has 3 rings (SSSR count). The van der Waals surface area contributed by atoms with Crippen molar-refractivity contribution in [3.8, 4) is 11.5 Å². The molecule has 0 aliphatic carbocycles. The van der Waals surface area contributed by atoms with Crippen LogP contribution >= 0.6 is 22.9 Å². The molecular weight excluding hydrogens is 266 g/mol. The van der Waals surface area contributed by atoms with E-state index in [4.69, 9.17) is 16.3 Å². The number of aryl methyl sites for hydroxylation is 1. The van der Waals surface area contributed by atoms with Crippen LogP contribution in [0.5, 0.6) is 11.5 Å². The molecule has 0 spiro atoms. The van der Waals surface area contributed by atoms with Crippen molar-refractivity contribution in [2.75, 3.05) is 0 Å². The molecule has 3 aromatic rings. The molecule has 0 atom stereocenters. The zero-order valence-corrected chi connectivity index (χ0v) is 11.3. The van der Waals surface area contributed by atoms with Gasteiger partial charge >= 0.3 is 0 Å². The van der Waals surface area contributed by atoms with Gasteiger partial charge < -0.3 is 4.74 Å². The molecule has 18 heavy (non-hydrogen) atoms. The molecule has 90 valence electrons. The second-order valence-electron chi connectivity index (χ2n) is 3.98. The lowest BCUT2D eigenvalue weighted by Crippen LogP contribution is -1.86. The summed E-state index contributed by atoms with van der Waals surface area (Å²) >= 11 is 7.73. The van der Waals surface area contributed by atoms with Crippen LogP contribution in [0.1, 0.15) is 5.56 Å². The first kappa shape index (κ1) is 11.5. The van der Waals surface area contributed by atoms with Crippen LogP contribution in [-0.4, -0.2) is 4.98 Å². The summed E-state index contributed by atoms with van der Waals surface area (Å²) < 4.78 is 6.96. The first-order chi connectivity index (χ1) is 8.74. The Morgan fingerprint density at radius 3 is 2.94 bits per heavy atom. The number of benzene rings is 1. The predicted octanol–water partition coefficient (Wildman–Crippen LogP) is 5.05. The number of ether oxygens (including phenoxy) is 1.